The van der Waals surface area contributed by atoms with Crippen molar-refractivity contribution in [2.24, 2.45) is 5.73 Å². The van der Waals surface area contributed by atoms with E-state index in [1.807, 2.05) is 0 Å². The van der Waals surface area contributed by atoms with E-state index in [1.165, 1.54) is 6.42 Å². The summed E-state index contributed by atoms with van der Waals surface area (Å²) < 4.78 is 5.79. The predicted octanol–water partition coefficient (Wildman–Crippen LogP) is 2.10. The molecule has 1 fully saturated rings. The zero-order chi connectivity index (χ0) is 8.48. The molecule has 12 heavy (non-hydrogen) atoms. The topological polar surface area (TPSA) is 35.2 Å². The van der Waals surface area contributed by atoms with Gasteiger partial charge in [-0.25, -0.2) is 0 Å². The maximum atomic E-state index is 5.86. The minimum absolute atomic E-state index is 0. The van der Waals surface area contributed by atoms with Crippen LogP contribution in [0.5, 0.6) is 0 Å². The van der Waals surface area contributed by atoms with Gasteiger partial charge >= 0.3 is 0 Å². The average Bonchev–Trinajstić information content (AvgIpc) is 2.12. The van der Waals surface area contributed by atoms with Gasteiger partial charge in [0, 0.05) is 6.04 Å². The standard InChI is InChI=1S/C9H19NO.ClH/c1-9(2,3)11-8-6-4-5-7(8)10;/h7-8H,4-6,10H2,1-3H3;1H/t7-,8-;/m1./s1. The second kappa shape index (κ2) is 4.45. The summed E-state index contributed by atoms with van der Waals surface area (Å²) in [7, 11) is 0. The van der Waals surface area contributed by atoms with Crippen LogP contribution in [0.4, 0.5) is 0 Å². The molecule has 0 aromatic carbocycles. The maximum Gasteiger partial charge on any atom is 0.0733 e. The summed E-state index contributed by atoms with van der Waals surface area (Å²) in [4.78, 5) is 0. The van der Waals surface area contributed by atoms with E-state index in [0.29, 0.717) is 6.10 Å². The van der Waals surface area contributed by atoms with Gasteiger partial charge in [-0.1, -0.05) is 0 Å². The first kappa shape index (κ1) is 12.2. The zero-order valence-electron chi connectivity index (χ0n) is 8.17. The molecule has 2 atom stereocenters. The monoisotopic (exact) mass is 193 g/mol. The molecule has 1 aliphatic rings. The van der Waals surface area contributed by atoms with Crippen LogP contribution in [0, 0.1) is 0 Å². The van der Waals surface area contributed by atoms with Crippen molar-refractivity contribution in [2.45, 2.75) is 57.8 Å². The molecule has 74 valence electrons. The molecule has 2 N–H and O–H groups in total. The van der Waals surface area contributed by atoms with Crippen molar-refractivity contribution in [1.82, 2.24) is 0 Å². The summed E-state index contributed by atoms with van der Waals surface area (Å²) in [6.45, 7) is 6.24. The lowest BCUT2D eigenvalue weighted by Gasteiger charge is -2.27. The Balaban J connectivity index is 0.00000121. The lowest BCUT2D eigenvalue weighted by molar-refractivity contribution is -0.0620. The summed E-state index contributed by atoms with van der Waals surface area (Å²) >= 11 is 0. The van der Waals surface area contributed by atoms with Crippen LogP contribution in [0.25, 0.3) is 0 Å². The Morgan fingerprint density at radius 3 is 2.17 bits per heavy atom. The van der Waals surface area contributed by atoms with Crippen molar-refractivity contribution in [3.05, 3.63) is 0 Å². The molecule has 1 rings (SSSR count). The number of ether oxygens (including phenoxy) is 1. The molecule has 0 bridgehead atoms. The first-order valence-corrected chi connectivity index (χ1v) is 4.42. The molecule has 0 radical (unpaired) electrons. The lowest BCUT2D eigenvalue weighted by atomic mass is 10.1. The third kappa shape index (κ3) is 3.74. The number of hydrogen-bond donors (Lipinski definition) is 1. The van der Waals surface area contributed by atoms with Crippen LogP contribution in [0.1, 0.15) is 40.0 Å². The van der Waals surface area contributed by atoms with Crippen LogP contribution < -0.4 is 5.73 Å². The van der Waals surface area contributed by atoms with Gasteiger partial charge in [0.2, 0.25) is 0 Å². The van der Waals surface area contributed by atoms with Gasteiger partial charge in [-0.15, -0.1) is 12.4 Å². The Morgan fingerprint density at radius 1 is 1.25 bits per heavy atom. The van der Waals surface area contributed by atoms with E-state index in [1.54, 1.807) is 0 Å². The van der Waals surface area contributed by atoms with Crippen molar-refractivity contribution in [2.75, 3.05) is 0 Å². The van der Waals surface area contributed by atoms with Crippen molar-refractivity contribution < 1.29 is 4.74 Å². The van der Waals surface area contributed by atoms with Gasteiger partial charge in [-0.05, 0) is 40.0 Å². The first-order valence-electron chi connectivity index (χ1n) is 4.42. The fourth-order valence-corrected chi connectivity index (χ4v) is 1.56. The van der Waals surface area contributed by atoms with E-state index in [0.717, 1.165) is 12.8 Å². The Bertz CT molecular complexity index is 133. The normalized spacial score (nSPS) is 30.0. The Hall–Kier alpha value is 0.210. The van der Waals surface area contributed by atoms with Crippen LogP contribution >= 0.6 is 12.4 Å². The summed E-state index contributed by atoms with van der Waals surface area (Å²) in [5.41, 5.74) is 5.83. The van der Waals surface area contributed by atoms with E-state index in [-0.39, 0.29) is 24.0 Å². The van der Waals surface area contributed by atoms with Crippen LogP contribution in [0.2, 0.25) is 0 Å². The predicted molar refractivity (Wildman–Crippen MR) is 53.7 cm³/mol. The first-order chi connectivity index (χ1) is 4.99. The van der Waals surface area contributed by atoms with Crippen LogP contribution in [0.15, 0.2) is 0 Å². The SMILES string of the molecule is CC(C)(C)O[C@@H]1CCC[C@H]1N.Cl. The van der Waals surface area contributed by atoms with Crippen molar-refractivity contribution in [1.29, 1.82) is 0 Å². The van der Waals surface area contributed by atoms with Gasteiger partial charge in [0.05, 0.1) is 11.7 Å². The molecule has 0 unspecified atom stereocenters. The summed E-state index contributed by atoms with van der Waals surface area (Å²) in [6, 6.07) is 0.272. The molecular formula is C9H20ClNO. The second-order valence-corrected chi connectivity index (χ2v) is 4.36. The highest BCUT2D eigenvalue weighted by Crippen LogP contribution is 2.24. The van der Waals surface area contributed by atoms with Gasteiger partial charge in [0.15, 0.2) is 0 Å². The molecular weight excluding hydrogens is 174 g/mol. The average molecular weight is 194 g/mol. The van der Waals surface area contributed by atoms with Gasteiger partial charge in [-0.2, -0.15) is 0 Å². The molecule has 1 saturated carbocycles. The largest absolute Gasteiger partial charge is 0.371 e. The van der Waals surface area contributed by atoms with Crippen LogP contribution in [0.3, 0.4) is 0 Å². The fraction of sp³-hybridized carbons (Fsp3) is 1.00. The third-order valence-electron chi connectivity index (χ3n) is 2.01. The maximum absolute atomic E-state index is 5.86. The van der Waals surface area contributed by atoms with E-state index in [9.17, 15) is 0 Å². The number of halogens is 1. The Morgan fingerprint density at radius 2 is 1.83 bits per heavy atom. The molecule has 0 aromatic rings. The van der Waals surface area contributed by atoms with Gasteiger partial charge in [0.1, 0.15) is 0 Å². The van der Waals surface area contributed by atoms with Crippen molar-refractivity contribution in [3.63, 3.8) is 0 Å². The Kier molecular flexibility index (Phi) is 4.53. The second-order valence-electron chi connectivity index (χ2n) is 4.36. The fourth-order valence-electron chi connectivity index (χ4n) is 1.56. The number of hydrogen-bond acceptors (Lipinski definition) is 2. The van der Waals surface area contributed by atoms with E-state index >= 15 is 0 Å². The van der Waals surface area contributed by atoms with Gasteiger partial charge in [0.25, 0.3) is 0 Å². The van der Waals surface area contributed by atoms with Gasteiger partial charge < -0.3 is 10.5 Å². The van der Waals surface area contributed by atoms with Crippen molar-refractivity contribution in [3.8, 4) is 0 Å². The molecule has 0 aromatic heterocycles. The smallest absolute Gasteiger partial charge is 0.0733 e. The third-order valence-corrected chi connectivity index (χ3v) is 2.01. The highest BCUT2D eigenvalue weighted by molar-refractivity contribution is 5.85. The lowest BCUT2D eigenvalue weighted by Crippen LogP contribution is -2.37. The Labute approximate surface area is 81.3 Å². The highest BCUT2D eigenvalue weighted by Gasteiger charge is 2.28. The summed E-state index contributed by atoms with van der Waals surface area (Å²) in [5, 5.41) is 0. The quantitative estimate of drug-likeness (QED) is 0.693. The van der Waals surface area contributed by atoms with Crippen LogP contribution in [-0.2, 0) is 4.74 Å². The van der Waals surface area contributed by atoms with Crippen LogP contribution in [-0.4, -0.2) is 17.7 Å². The molecule has 0 spiro atoms. The minimum Gasteiger partial charge on any atom is -0.371 e. The molecule has 0 amide bonds. The minimum atomic E-state index is -0.0351. The number of rotatable bonds is 1. The zero-order valence-corrected chi connectivity index (χ0v) is 8.99. The van der Waals surface area contributed by atoms with E-state index in [2.05, 4.69) is 20.8 Å². The van der Waals surface area contributed by atoms with Crippen molar-refractivity contribution >= 4 is 12.4 Å². The number of nitrogens with two attached hydrogens (primary N) is 1. The van der Waals surface area contributed by atoms with E-state index < -0.39 is 0 Å². The molecule has 3 heteroatoms. The molecule has 2 nitrogen and oxygen atoms in total. The van der Waals surface area contributed by atoms with E-state index in [4.69, 9.17) is 10.5 Å². The summed E-state index contributed by atoms with van der Waals surface area (Å²) in [6.07, 6.45) is 3.79. The molecule has 0 heterocycles. The molecule has 0 aliphatic heterocycles. The highest BCUT2D eigenvalue weighted by atomic mass is 35.5. The summed E-state index contributed by atoms with van der Waals surface area (Å²) in [5.74, 6) is 0. The van der Waals surface area contributed by atoms with Gasteiger partial charge in [-0.3, -0.25) is 0 Å². The molecule has 0 saturated heterocycles. The molecule has 1 aliphatic carbocycles.